The summed E-state index contributed by atoms with van der Waals surface area (Å²) in [6.45, 7) is 15.6. The maximum atomic E-state index is 10.9. The van der Waals surface area contributed by atoms with E-state index >= 15 is 0 Å². The van der Waals surface area contributed by atoms with Gasteiger partial charge < -0.3 is 4.84 Å². The largest absolute Gasteiger partial charge is 0.392 e. The first-order valence-electron chi connectivity index (χ1n) is 12.1. The Morgan fingerprint density at radius 2 is 1.51 bits per heavy atom. The molecule has 1 fully saturated rings. The second-order valence-corrected chi connectivity index (χ2v) is 10.5. The summed E-state index contributed by atoms with van der Waals surface area (Å²) in [5, 5.41) is 14.9. The van der Waals surface area contributed by atoms with E-state index in [1.165, 1.54) is 0 Å². The molecule has 10 heteroatoms. The van der Waals surface area contributed by atoms with Crippen molar-refractivity contribution < 1.29 is 19.3 Å². The lowest BCUT2D eigenvalue weighted by molar-refractivity contribution is -0.198. The van der Waals surface area contributed by atoms with E-state index in [0.717, 1.165) is 27.2 Å². The molecule has 2 amide bonds. The van der Waals surface area contributed by atoms with E-state index in [2.05, 4.69) is 29.0 Å². The average molecular weight is 528 g/mol. The number of hydrogen-bond acceptors (Lipinski definition) is 9. The number of nitrogens with zero attached hydrogens (tertiary/aromatic N) is 5. The van der Waals surface area contributed by atoms with Gasteiger partial charge in [0.15, 0.2) is 10.9 Å². The first-order valence-corrected chi connectivity index (χ1v) is 13.0. The molecular weight excluding hydrogens is 490 g/mol. The Labute approximate surface area is 224 Å². The number of hydrogen-bond donors (Lipinski definition) is 0. The number of hydroxylamine groups is 2. The normalized spacial score (nSPS) is 13.2. The van der Waals surface area contributed by atoms with Crippen molar-refractivity contribution in [1.29, 1.82) is 5.26 Å². The number of oxime groups is 1. The van der Waals surface area contributed by atoms with Gasteiger partial charge in [-0.3, -0.25) is 14.4 Å². The van der Waals surface area contributed by atoms with Gasteiger partial charge in [-0.05, 0) is 47.6 Å². The first-order chi connectivity index (χ1) is 17.4. The Bertz CT molecular complexity index is 1050. The number of imide groups is 1. The molecule has 1 saturated heterocycles. The molecule has 0 unspecified atom stereocenters. The van der Waals surface area contributed by atoms with Gasteiger partial charge in [0.2, 0.25) is 0 Å². The third kappa shape index (κ3) is 13.0. The van der Waals surface area contributed by atoms with E-state index < -0.39 is 0 Å². The molecule has 200 valence electrons. The van der Waals surface area contributed by atoms with Crippen LogP contribution < -0.4 is 0 Å². The average Bonchev–Trinajstić information content (AvgIpc) is 3.11. The van der Waals surface area contributed by atoms with Gasteiger partial charge in [-0.25, -0.2) is 9.97 Å². The van der Waals surface area contributed by atoms with Gasteiger partial charge in [-0.15, -0.1) is 0 Å². The minimum Gasteiger partial charge on any atom is -0.392 e. The highest BCUT2D eigenvalue weighted by molar-refractivity contribution is 7.99. The van der Waals surface area contributed by atoms with E-state index in [1.807, 2.05) is 70.2 Å². The SMILES string of the molecule is CC(C)O/N=C(/C#N)c1ccccc1.CC(C)ON1C(=O)CCC1=O.Cc1cc(C)nc(SC(C)C)n1. The van der Waals surface area contributed by atoms with Crippen molar-refractivity contribution in [2.75, 3.05) is 0 Å². The number of amides is 2. The summed E-state index contributed by atoms with van der Waals surface area (Å²) in [5.74, 6) is -0.465. The van der Waals surface area contributed by atoms with E-state index in [-0.39, 0.29) is 36.9 Å². The lowest BCUT2D eigenvalue weighted by Gasteiger charge is -2.15. The van der Waals surface area contributed by atoms with Crippen molar-refractivity contribution in [3.05, 3.63) is 53.3 Å². The van der Waals surface area contributed by atoms with Crippen LogP contribution in [0, 0.1) is 25.2 Å². The highest BCUT2D eigenvalue weighted by atomic mass is 32.2. The number of aromatic nitrogens is 2. The van der Waals surface area contributed by atoms with E-state index in [9.17, 15) is 9.59 Å². The number of nitriles is 1. The Morgan fingerprint density at radius 1 is 0.973 bits per heavy atom. The van der Waals surface area contributed by atoms with Crippen LogP contribution in [-0.2, 0) is 19.3 Å². The fourth-order valence-electron chi connectivity index (χ4n) is 2.73. The first kappa shape index (κ1) is 31.7. The number of carbonyl (C=O) groups is 2. The Balaban J connectivity index is 0.000000280. The lowest BCUT2D eigenvalue weighted by Crippen LogP contribution is -2.31. The molecule has 1 aliphatic heterocycles. The molecule has 9 nitrogen and oxygen atoms in total. The maximum Gasteiger partial charge on any atom is 0.254 e. The summed E-state index contributed by atoms with van der Waals surface area (Å²) < 4.78 is 0. The zero-order chi connectivity index (χ0) is 28.0. The number of carbonyl (C=O) groups excluding carboxylic acids is 2. The van der Waals surface area contributed by atoms with Crippen molar-refractivity contribution in [2.45, 2.75) is 90.8 Å². The van der Waals surface area contributed by atoms with Gasteiger partial charge in [0, 0.05) is 35.0 Å². The van der Waals surface area contributed by atoms with Crippen LogP contribution in [0.4, 0.5) is 0 Å². The molecule has 37 heavy (non-hydrogen) atoms. The van der Waals surface area contributed by atoms with Crippen molar-refractivity contribution in [2.24, 2.45) is 5.16 Å². The van der Waals surface area contributed by atoms with Crippen LogP contribution >= 0.6 is 11.8 Å². The predicted octanol–water partition coefficient (Wildman–Crippen LogP) is 5.41. The summed E-state index contributed by atoms with van der Waals surface area (Å²) in [5.41, 5.74) is 3.17. The van der Waals surface area contributed by atoms with Gasteiger partial charge in [-0.2, -0.15) is 10.3 Å². The molecule has 1 aromatic carbocycles. The van der Waals surface area contributed by atoms with E-state index in [1.54, 1.807) is 25.6 Å². The zero-order valence-electron chi connectivity index (χ0n) is 22.9. The zero-order valence-corrected chi connectivity index (χ0v) is 23.7. The topological polar surface area (TPSA) is 118 Å². The van der Waals surface area contributed by atoms with E-state index in [0.29, 0.717) is 11.0 Å². The summed E-state index contributed by atoms with van der Waals surface area (Å²) in [7, 11) is 0. The minimum absolute atomic E-state index is 0.0120. The van der Waals surface area contributed by atoms with Gasteiger partial charge in [0.05, 0.1) is 6.10 Å². The molecule has 0 atom stereocenters. The molecule has 0 saturated carbocycles. The number of rotatable bonds is 7. The molecule has 1 aliphatic rings. The van der Waals surface area contributed by atoms with Crippen molar-refractivity contribution >= 4 is 29.3 Å². The smallest absolute Gasteiger partial charge is 0.254 e. The van der Waals surface area contributed by atoms with E-state index in [4.69, 9.17) is 14.9 Å². The van der Waals surface area contributed by atoms with Crippen molar-refractivity contribution in [3.63, 3.8) is 0 Å². The number of thioether (sulfide) groups is 1. The second-order valence-electron chi connectivity index (χ2n) is 8.91. The fraction of sp³-hybridized carbons (Fsp3) is 0.481. The van der Waals surface area contributed by atoms with Crippen LogP contribution in [0.5, 0.6) is 0 Å². The Morgan fingerprint density at radius 3 is 1.95 bits per heavy atom. The Hall–Kier alpha value is -3.29. The van der Waals surface area contributed by atoms with Gasteiger partial charge in [0.25, 0.3) is 11.8 Å². The number of aryl methyl sites for hydroxylation is 2. The molecule has 0 bridgehead atoms. The highest BCUT2D eigenvalue weighted by Gasteiger charge is 2.30. The van der Waals surface area contributed by atoms with Gasteiger partial charge >= 0.3 is 0 Å². The van der Waals surface area contributed by atoms with Crippen molar-refractivity contribution in [3.8, 4) is 6.07 Å². The summed E-state index contributed by atoms with van der Waals surface area (Å²) >= 11 is 1.70. The number of benzene rings is 1. The Kier molecular flexibility index (Phi) is 14.1. The minimum atomic E-state index is -0.233. The van der Waals surface area contributed by atoms with Gasteiger partial charge in [-0.1, -0.05) is 61.1 Å². The molecule has 2 aromatic rings. The summed E-state index contributed by atoms with van der Waals surface area (Å²) in [6, 6.07) is 13.2. The van der Waals surface area contributed by atoms with Crippen LogP contribution in [0.15, 0.2) is 46.7 Å². The molecule has 2 heterocycles. The van der Waals surface area contributed by atoms with Gasteiger partial charge in [0.1, 0.15) is 12.2 Å². The van der Waals surface area contributed by atoms with Crippen LogP contribution in [-0.4, -0.2) is 50.0 Å². The van der Waals surface area contributed by atoms with Crippen LogP contribution in [0.25, 0.3) is 0 Å². The lowest BCUT2D eigenvalue weighted by atomic mass is 10.1. The third-order valence-electron chi connectivity index (χ3n) is 4.13. The molecule has 3 rings (SSSR count). The monoisotopic (exact) mass is 527 g/mol. The molecule has 0 spiro atoms. The maximum absolute atomic E-state index is 10.9. The summed E-state index contributed by atoms with van der Waals surface area (Å²) in [6.07, 6.45) is 0.431. The fourth-order valence-corrected chi connectivity index (χ4v) is 3.55. The standard InChI is InChI=1S/C11H12N2O.C9H14N2S.C7H11NO3/c1-9(2)14-13-11(8-12)10-6-4-3-5-7-10;1-6(2)12-9-10-7(3)5-8(4)11-9;1-5(2)11-8-6(9)3-4-7(8)10/h3-7,9H,1-2H3;5-6H,1-4H3;5H,3-4H2,1-2H3/b13-11-;;. The van der Waals surface area contributed by atoms with Crippen LogP contribution in [0.3, 0.4) is 0 Å². The quantitative estimate of drug-likeness (QED) is 0.154. The highest BCUT2D eigenvalue weighted by Crippen LogP contribution is 2.18. The summed E-state index contributed by atoms with van der Waals surface area (Å²) in [4.78, 5) is 40.4. The molecular formula is C27H37N5O4S. The molecule has 0 N–H and O–H groups in total. The molecule has 0 aliphatic carbocycles. The second kappa shape index (κ2) is 16.5. The van der Waals surface area contributed by atoms with Crippen LogP contribution in [0.2, 0.25) is 0 Å². The molecule has 1 aromatic heterocycles. The van der Waals surface area contributed by atoms with Crippen molar-refractivity contribution in [1.82, 2.24) is 15.0 Å². The van der Waals surface area contributed by atoms with Crippen LogP contribution in [0.1, 0.15) is 71.3 Å². The predicted molar refractivity (Wildman–Crippen MR) is 145 cm³/mol. The molecule has 0 radical (unpaired) electrons. The third-order valence-corrected chi connectivity index (χ3v) is 5.00.